The van der Waals surface area contributed by atoms with Gasteiger partial charge in [0.05, 0.1) is 23.9 Å². The summed E-state index contributed by atoms with van der Waals surface area (Å²) in [7, 11) is 3.96. The highest BCUT2D eigenvalue weighted by Gasteiger charge is 2.58. The second kappa shape index (κ2) is 12.0. The molecule has 1 aromatic carbocycles. The predicted octanol–water partition coefficient (Wildman–Crippen LogP) is 5.76. The molecule has 2 saturated carbocycles. The van der Waals surface area contributed by atoms with Crippen LogP contribution in [0.3, 0.4) is 0 Å². The van der Waals surface area contributed by atoms with Crippen LogP contribution >= 0.6 is 15.9 Å². The Morgan fingerprint density at radius 2 is 1.93 bits per heavy atom. The van der Waals surface area contributed by atoms with Crippen LogP contribution in [-0.4, -0.2) is 68.6 Å². The van der Waals surface area contributed by atoms with Gasteiger partial charge in [-0.05, 0) is 55.7 Å². The van der Waals surface area contributed by atoms with E-state index in [0.717, 1.165) is 77.3 Å². The number of hydrogen-bond donors (Lipinski definition) is 0. The molecule has 10 heteroatoms. The summed E-state index contributed by atoms with van der Waals surface area (Å²) in [6, 6.07) is 13.2. The molecule has 222 valence electrons. The number of Topliss-reactive ketones (excluding diaryl/α,β-unsaturated/α-hetero) is 1. The molecule has 0 radical (unpaired) electrons. The number of rotatable bonds is 8. The number of halogens is 1. The van der Waals surface area contributed by atoms with Gasteiger partial charge in [0.2, 0.25) is 0 Å². The largest absolute Gasteiger partial charge is 0.464 e. The number of pyridine rings is 2. The molecule has 0 N–H and O–H groups in total. The highest BCUT2D eigenvalue weighted by Crippen LogP contribution is 2.49. The SMILES string of the molecule is CCOC(=O)[C@H](Cc1ccc(-n2c(-c3cncc(N(C)C)c3)nc3cccnc32)cc1)N=C1C(Br)C(=O)C12CCCCC2. The zero-order chi connectivity index (χ0) is 30.1. The van der Waals surface area contributed by atoms with Crippen molar-refractivity contribution in [2.45, 2.75) is 56.3 Å². The van der Waals surface area contributed by atoms with E-state index in [1.807, 2.05) is 72.4 Å². The third-order valence-corrected chi connectivity index (χ3v) is 9.38. The third-order valence-electron chi connectivity index (χ3n) is 8.53. The lowest BCUT2D eigenvalue weighted by Crippen LogP contribution is -2.61. The number of fused-ring (bicyclic) bond motifs is 1. The van der Waals surface area contributed by atoms with Gasteiger partial charge in [0.25, 0.3) is 0 Å². The van der Waals surface area contributed by atoms with E-state index < -0.39 is 16.3 Å². The molecule has 4 aromatic rings. The van der Waals surface area contributed by atoms with Gasteiger partial charge in [-0.15, -0.1) is 0 Å². The molecule has 2 aliphatic carbocycles. The molecule has 2 fully saturated rings. The Labute approximate surface area is 259 Å². The lowest BCUT2D eigenvalue weighted by molar-refractivity contribution is -0.144. The van der Waals surface area contributed by atoms with Crippen molar-refractivity contribution in [2.24, 2.45) is 10.4 Å². The van der Waals surface area contributed by atoms with E-state index in [4.69, 9.17) is 14.7 Å². The first-order chi connectivity index (χ1) is 20.8. The third kappa shape index (κ3) is 5.37. The molecular weight excluding hydrogens is 608 g/mol. The van der Waals surface area contributed by atoms with Crippen LogP contribution in [0.5, 0.6) is 0 Å². The molecule has 3 heterocycles. The number of anilines is 1. The van der Waals surface area contributed by atoms with Crippen molar-refractivity contribution >= 4 is 50.2 Å². The number of imidazole rings is 1. The summed E-state index contributed by atoms with van der Waals surface area (Å²) in [6.45, 7) is 2.07. The van der Waals surface area contributed by atoms with Gasteiger partial charge < -0.3 is 9.64 Å². The van der Waals surface area contributed by atoms with Gasteiger partial charge in [-0.25, -0.2) is 14.8 Å². The van der Waals surface area contributed by atoms with Gasteiger partial charge >= 0.3 is 5.97 Å². The van der Waals surface area contributed by atoms with Crippen LogP contribution in [0.4, 0.5) is 5.69 Å². The van der Waals surface area contributed by atoms with Crippen molar-refractivity contribution < 1.29 is 14.3 Å². The first-order valence-corrected chi connectivity index (χ1v) is 15.7. The number of aromatic nitrogens is 4. The normalized spacial score (nSPS) is 19.4. The number of benzene rings is 1. The molecule has 0 saturated heterocycles. The van der Waals surface area contributed by atoms with E-state index in [2.05, 4.69) is 32.0 Å². The number of carbonyl (C=O) groups excluding carboxylic acids is 2. The Morgan fingerprint density at radius 1 is 1.16 bits per heavy atom. The van der Waals surface area contributed by atoms with Crippen LogP contribution in [0.1, 0.15) is 44.6 Å². The van der Waals surface area contributed by atoms with Gasteiger partial charge in [-0.1, -0.05) is 47.3 Å². The predicted molar refractivity (Wildman–Crippen MR) is 171 cm³/mol. The Bertz CT molecular complexity index is 1690. The molecule has 9 nitrogen and oxygen atoms in total. The smallest absolute Gasteiger partial charge is 0.331 e. The van der Waals surface area contributed by atoms with Gasteiger partial charge in [-0.2, -0.15) is 0 Å². The number of nitrogens with zero attached hydrogens (tertiary/aromatic N) is 6. The minimum Gasteiger partial charge on any atom is -0.464 e. The number of carbonyl (C=O) groups is 2. The Kier molecular flexibility index (Phi) is 8.13. The first kappa shape index (κ1) is 29.2. The lowest BCUT2D eigenvalue weighted by atomic mass is 9.58. The Hall–Kier alpha value is -3.92. The molecular formula is C33H35BrN6O3. The topological polar surface area (TPSA) is 103 Å². The summed E-state index contributed by atoms with van der Waals surface area (Å²) < 4.78 is 7.46. The maximum absolute atomic E-state index is 13.1. The molecule has 43 heavy (non-hydrogen) atoms. The zero-order valence-corrected chi connectivity index (χ0v) is 26.2. The molecule has 3 aromatic heterocycles. The molecule has 6 rings (SSSR count). The monoisotopic (exact) mass is 642 g/mol. The van der Waals surface area contributed by atoms with Crippen molar-refractivity contribution in [3.05, 3.63) is 66.6 Å². The van der Waals surface area contributed by atoms with Crippen molar-refractivity contribution in [3.8, 4) is 17.1 Å². The second-order valence-electron chi connectivity index (χ2n) is 11.5. The van der Waals surface area contributed by atoms with E-state index in [1.54, 1.807) is 13.1 Å². The Balaban J connectivity index is 1.34. The highest BCUT2D eigenvalue weighted by atomic mass is 79.9. The summed E-state index contributed by atoms with van der Waals surface area (Å²) in [5, 5.41) is 0. The van der Waals surface area contributed by atoms with Crippen molar-refractivity contribution in [2.75, 3.05) is 25.6 Å². The quantitative estimate of drug-likeness (QED) is 0.178. The standard InChI is InChI=1S/C33H35BrN6O3/c1-4-43-32(42)26(37-28-27(34)29(41)33(28)14-6-5-7-15-33)17-21-10-12-23(13-11-21)40-30(38-25-9-8-16-36-31(25)40)22-18-24(39(2)3)20-35-19-22/h8-13,16,18-20,26-27H,4-7,14-15,17H2,1-3H3/t26-,27?/m0/s1. The van der Waals surface area contributed by atoms with Crippen molar-refractivity contribution in [3.63, 3.8) is 0 Å². The summed E-state index contributed by atoms with van der Waals surface area (Å²) in [4.78, 5) is 46.6. The summed E-state index contributed by atoms with van der Waals surface area (Å²) >= 11 is 3.54. The van der Waals surface area contributed by atoms with Crippen LogP contribution in [-0.2, 0) is 20.7 Å². The van der Waals surface area contributed by atoms with E-state index in [1.165, 1.54) is 0 Å². The summed E-state index contributed by atoms with van der Waals surface area (Å²) in [5.74, 6) is 0.565. The van der Waals surface area contributed by atoms with Crippen LogP contribution in [0, 0.1) is 5.41 Å². The van der Waals surface area contributed by atoms with Crippen molar-refractivity contribution in [1.82, 2.24) is 19.5 Å². The molecule has 1 spiro atoms. The molecule has 0 amide bonds. The van der Waals surface area contributed by atoms with E-state index in [0.29, 0.717) is 6.42 Å². The van der Waals surface area contributed by atoms with Crippen LogP contribution < -0.4 is 4.90 Å². The van der Waals surface area contributed by atoms with Gasteiger partial charge in [0, 0.05) is 49.9 Å². The first-order valence-electron chi connectivity index (χ1n) is 14.8. The number of alkyl halides is 1. The molecule has 0 aliphatic heterocycles. The van der Waals surface area contributed by atoms with Crippen LogP contribution in [0.15, 0.2) is 66.0 Å². The van der Waals surface area contributed by atoms with Gasteiger partial charge in [-0.3, -0.25) is 19.3 Å². The molecule has 2 aliphatic rings. The lowest BCUT2D eigenvalue weighted by Gasteiger charge is -2.47. The van der Waals surface area contributed by atoms with E-state index >= 15 is 0 Å². The fourth-order valence-electron chi connectivity index (χ4n) is 6.24. The number of aliphatic imine (C=N–C) groups is 1. The van der Waals surface area contributed by atoms with E-state index in [9.17, 15) is 9.59 Å². The van der Waals surface area contributed by atoms with Crippen LogP contribution in [0.25, 0.3) is 28.2 Å². The van der Waals surface area contributed by atoms with Gasteiger partial charge in [0.15, 0.2) is 17.5 Å². The molecule has 1 unspecified atom stereocenters. The number of ether oxygens (including phenoxy) is 1. The maximum atomic E-state index is 13.1. The van der Waals surface area contributed by atoms with Crippen molar-refractivity contribution in [1.29, 1.82) is 0 Å². The zero-order valence-electron chi connectivity index (χ0n) is 24.7. The molecule has 0 bridgehead atoms. The fraction of sp³-hybridized carbons (Fsp3) is 0.394. The summed E-state index contributed by atoms with van der Waals surface area (Å²) in [6.07, 6.45) is 10.5. The molecule has 2 atom stereocenters. The number of esters is 1. The maximum Gasteiger partial charge on any atom is 0.331 e. The highest BCUT2D eigenvalue weighted by molar-refractivity contribution is 9.10. The van der Waals surface area contributed by atoms with Crippen LogP contribution in [0.2, 0.25) is 0 Å². The fourth-order valence-corrected chi connectivity index (χ4v) is 7.24. The Morgan fingerprint density at radius 3 is 2.65 bits per heavy atom. The minimum absolute atomic E-state index is 0.196. The minimum atomic E-state index is -0.723. The van der Waals surface area contributed by atoms with E-state index in [-0.39, 0.29) is 18.4 Å². The summed E-state index contributed by atoms with van der Waals surface area (Å²) in [5.41, 5.74) is 5.49. The number of ketones is 1. The number of hydrogen-bond acceptors (Lipinski definition) is 8. The second-order valence-corrected chi connectivity index (χ2v) is 12.4. The van der Waals surface area contributed by atoms with Gasteiger partial charge in [0.1, 0.15) is 16.2 Å². The average Bonchev–Trinajstić information content (AvgIpc) is 3.43. The average molecular weight is 644 g/mol.